The molecule has 2 aromatic carbocycles. The SMILES string of the molecule is CCC(=O)N1c2ccc(C)cc2[C@@H](N(C(=O)CC)c2ccc(C)cc2)C[C@@H]1C. The Morgan fingerprint density at radius 3 is 2.25 bits per heavy atom. The molecule has 2 atom stereocenters. The highest BCUT2D eigenvalue weighted by molar-refractivity contribution is 5.98. The first kappa shape index (κ1) is 20.1. The molecule has 0 saturated carbocycles. The summed E-state index contributed by atoms with van der Waals surface area (Å²) in [4.78, 5) is 29.5. The third-order valence-corrected chi connectivity index (χ3v) is 5.57. The van der Waals surface area contributed by atoms with Crippen molar-refractivity contribution in [1.29, 1.82) is 0 Å². The van der Waals surface area contributed by atoms with Crippen molar-refractivity contribution in [3.8, 4) is 0 Å². The average Bonchev–Trinajstić information content (AvgIpc) is 2.69. The van der Waals surface area contributed by atoms with Gasteiger partial charge in [0.15, 0.2) is 0 Å². The molecule has 0 unspecified atom stereocenters. The number of fused-ring (bicyclic) bond motifs is 1. The van der Waals surface area contributed by atoms with Crippen molar-refractivity contribution < 1.29 is 9.59 Å². The molecule has 1 heterocycles. The van der Waals surface area contributed by atoms with Gasteiger partial charge >= 0.3 is 0 Å². The molecule has 0 fully saturated rings. The highest BCUT2D eigenvalue weighted by Gasteiger charge is 2.37. The second kappa shape index (κ2) is 8.17. The van der Waals surface area contributed by atoms with Crippen LogP contribution in [-0.4, -0.2) is 17.9 Å². The van der Waals surface area contributed by atoms with Gasteiger partial charge in [-0.25, -0.2) is 0 Å². The largest absolute Gasteiger partial charge is 0.309 e. The van der Waals surface area contributed by atoms with Crippen LogP contribution in [-0.2, 0) is 9.59 Å². The topological polar surface area (TPSA) is 40.6 Å². The summed E-state index contributed by atoms with van der Waals surface area (Å²) in [5.41, 5.74) is 5.21. The van der Waals surface area contributed by atoms with Crippen molar-refractivity contribution in [3.05, 3.63) is 59.2 Å². The van der Waals surface area contributed by atoms with Gasteiger partial charge in [0.1, 0.15) is 0 Å². The molecule has 1 aliphatic rings. The maximum absolute atomic E-state index is 13.0. The monoisotopic (exact) mass is 378 g/mol. The minimum absolute atomic E-state index is 0.0326. The molecule has 2 aromatic rings. The molecule has 0 aromatic heterocycles. The fourth-order valence-corrected chi connectivity index (χ4v) is 4.12. The molecule has 4 heteroatoms. The molecule has 28 heavy (non-hydrogen) atoms. The first-order valence-electron chi connectivity index (χ1n) is 10.2. The molecule has 0 saturated heterocycles. The van der Waals surface area contributed by atoms with Gasteiger partial charge in [-0.3, -0.25) is 9.59 Å². The molecule has 4 nitrogen and oxygen atoms in total. The van der Waals surface area contributed by atoms with Gasteiger partial charge in [0.25, 0.3) is 0 Å². The number of amides is 2. The zero-order valence-corrected chi connectivity index (χ0v) is 17.5. The molecule has 3 rings (SSSR count). The van der Waals surface area contributed by atoms with Gasteiger partial charge in [-0.05, 0) is 51.0 Å². The lowest BCUT2D eigenvalue weighted by molar-refractivity contribution is -0.119. The standard InChI is InChI=1S/C24H30N2O2/c1-6-23(27)25-18(5)15-22(20-14-17(4)10-13-21(20)25)26(24(28)7-2)19-11-8-16(3)9-12-19/h8-14,18,22H,6-7,15H2,1-5H3/t18-,22-/m0/s1. The molecule has 0 N–H and O–H groups in total. The normalized spacial score (nSPS) is 18.5. The summed E-state index contributed by atoms with van der Waals surface area (Å²) in [5.74, 6) is 0.225. The maximum atomic E-state index is 13.0. The Kier molecular flexibility index (Phi) is 5.87. The van der Waals surface area contributed by atoms with E-state index >= 15 is 0 Å². The number of benzene rings is 2. The number of rotatable bonds is 4. The van der Waals surface area contributed by atoms with E-state index < -0.39 is 0 Å². The van der Waals surface area contributed by atoms with E-state index in [0.717, 1.165) is 28.9 Å². The summed E-state index contributed by atoms with van der Waals surface area (Å²) in [7, 11) is 0. The van der Waals surface area contributed by atoms with Gasteiger partial charge in [0, 0.05) is 30.3 Å². The summed E-state index contributed by atoms with van der Waals surface area (Å²) < 4.78 is 0. The predicted molar refractivity (Wildman–Crippen MR) is 115 cm³/mol. The first-order chi connectivity index (χ1) is 13.4. The zero-order valence-electron chi connectivity index (χ0n) is 17.5. The van der Waals surface area contributed by atoms with Crippen molar-refractivity contribution in [1.82, 2.24) is 0 Å². The molecule has 1 aliphatic heterocycles. The molecule has 0 radical (unpaired) electrons. The number of carbonyl (C=O) groups is 2. The van der Waals surface area contributed by atoms with Crippen molar-refractivity contribution in [3.63, 3.8) is 0 Å². The molecule has 0 aliphatic carbocycles. The highest BCUT2D eigenvalue weighted by atomic mass is 16.2. The Morgan fingerprint density at radius 1 is 1.00 bits per heavy atom. The molecule has 2 amide bonds. The highest BCUT2D eigenvalue weighted by Crippen LogP contribution is 2.43. The number of aryl methyl sites for hydroxylation is 2. The van der Waals surface area contributed by atoms with E-state index in [1.165, 1.54) is 5.56 Å². The van der Waals surface area contributed by atoms with Crippen molar-refractivity contribution >= 4 is 23.2 Å². The van der Waals surface area contributed by atoms with Gasteiger partial charge < -0.3 is 9.80 Å². The van der Waals surface area contributed by atoms with Gasteiger partial charge in [-0.15, -0.1) is 0 Å². The molecule has 0 bridgehead atoms. The number of hydrogen-bond acceptors (Lipinski definition) is 2. The van der Waals surface area contributed by atoms with E-state index in [4.69, 9.17) is 0 Å². The lowest BCUT2D eigenvalue weighted by Gasteiger charge is -2.43. The molecule has 0 spiro atoms. The van der Waals surface area contributed by atoms with E-state index in [1.54, 1.807) is 0 Å². The zero-order chi connectivity index (χ0) is 20.4. The van der Waals surface area contributed by atoms with E-state index in [9.17, 15) is 9.59 Å². The Labute approximate surface area is 168 Å². The van der Waals surface area contributed by atoms with Crippen molar-refractivity contribution in [2.24, 2.45) is 0 Å². The molecular weight excluding hydrogens is 348 g/mol. The van der Waals surface area contributed by atoms with Gasteiger partial charge in [0.05, 0.1) is 6.04 Å². The van der Waals surface area contributed by atoms with Crippen LogP contribution in [0, 0.1) is 13.8 Å². The van der Waals surface area contributed by atoms with E-state index in [0.29, 0.717) is 12.8 Å². The van der Waals surface area contributed by atoms with Crippen LogP contribution in [0.25, 0.3) is 0 Å². The van der Waals surface area contributed by atoms with Crippen molar-refractivity contribution in [2.75, 3.05) is 9.80 Å². The number of nitrogens with zero attached hydrogens (tertiary/aromatic N) is 2. The van der Waals surface area contributed by atoms with Crippen LogP contribution in [0.3, 0.4) is 0 Å². The Bertz CT molecular complexity index is 873. The van der Waals surface area contributed by atoms with Crippen molar-refractivity contribution in [2.45, 2.75) is 66.0 Å². The van der Waals surface area contributed by atoms with Crippen LogP contribution in [0.2, 0.25) is 0 Å². The Hall–Kier alpha value is -2.62. The Morgan fingerprint density at radius 2 is 1.64 bits per heavy atom. The summed E-state index contributed by atoms with van der Waals surface area (Å²) in [6.45, 7) is 9.98. The van der Waals surface area contributed by atoms with E-state index in [2.05, 4.69) is 19.9 Å². The van der Waals surface area contributed by atoms with Crippen LogP contribution in [0.15, 0.2) is 42.5 Å². The van der Waals surface area contributed by atoms with Gasteiger partial charge in [-0.2, -0.15) is 0 Å². The van der Waals surface area contributed by atoms with Crippen LogP contribution >= 0.6 is 0 Å². The van der Waals surface area contributed by atoms with Crippen LogP contribution in [0.5, 0.6) is 0 Å². The lowest BCUT2D eigenvalue weighted by atomic mass is 9.88. The molecule has 148 valence electrons. The van der Waals surface area contributed by atoms with Crippen LogP contribution in [0.4, 0.5) is 11.4 Å². The Balaban J connectivity index is 2.15. The van der Waals surface area contributed by atoms with E-state index in [1.807, 2.05) is 67.0 Å². The van der Waals surface area contributed by atoms with Gasteiger partial charge in [-0.1, -0.05) is 49.2 Å². The van der Waals surface area contributed by atoms with E-state index in [-0.39, 0.29) is 23.9 Å². The summed E-state index contributed by atoms with van der Waals surface area (Å²) >= 11 is 0. The fraction of sp³-hybridized carbons (Fsp3) is 0.417. The van der Waals surface area contributed by atoms with Gasteiger partial charge in [0.2, 0.25) is 11.8 Å². The number of carbonyl (C=O) groups excluding carboxylic acids is 2. The third kappa shape index (κ3) is 3.68. The second-order valence-electron chi connectivity index (χ2n) is 7.73. The summed E-state index contributed by atoms with van der Waals surface area (Å²) in [6.07, 6.45) is 1.64. The third-order valence-electron chi connectivity index (χ3n) is 5.57. The van der Waals surface area contributed by atoms with Crippen LogP contribution in [0.1, 0.15) is 62.8 Å². The molecular formula is C24H30N2O2. The minimum atomic E-state index is -0.0824. The van der Waals surface area contributed by atoms with Crippen LogP contribution < -0.4 is 9.80 Å². The second-order valence-corrected chi connectivity index (χ2v) is 7.73. The predicted octanol–water partition coefficient (Wildman–Crippen LogP) is 5.32. The summed E-state index contributed by atoms with van der Waals surface area (Å²) in [6, 6.07) is 14.3. The first-order valence-corrected chi connectivity index (χ1v) is 10.2. The lowest BCUT2D eigenvalue weighted by Crippen LogP contribution is -2.47. The summed E-state index contributed by atoms with van der Waals surface area (Å²) in [5, 5.41) is 0. The minimum Gasteiger partial charge on any atom is -0.309 e. The average molecular weight is 379 g/mol. The quantitative estimate of drug-likeness (QED) is 0.722. The number of hydrogen-bond donors (Lipinski definition) is 0. The smallest absolute Gasteiger partial charge is 0.227 e. The maximum Gasteiger partial charge on any atom is 0.227 e. The number of anilines is 2. The fourth-order valence-electron chi connectivity index (χ4n) is 4.12.